The normalized spacial score (nSPS) is 35.7. The molecule has 8 rings (SSSR count). The zero-order valence-corrected chi connectivity index (χ0v) is 20.5. The van der Waals surface area contributed by atoms with Crippen LogP contribution in [-0.4, -0.2) is 60.8 Å². The van der Waals surface area contributed by atoms with Gasteiger partial charge in [0.05, 0.1) is 5.41 Å². The third-order valence-corrected chi connectivity index (χ3v) is 12.1. The second-order valence-corrected chi connectivity index (χ2v) is 12.4. The van der Waals surface area contributed by atoms with E-state index in [-0.39, 0.29) is 17.7 Å². The van der Waals surface area contributed by atoms with Gasteiger partial charge < -0.3 is 20.3 Å². The first-order valence-corrected chi connectivity index (χ1v) is 13.6. The summed E-state index contributed by atoms with van der Waals surface area (Å²) in [6.45, 7) is 3.95. The first-order chi connectivity index (χ1) is 16.3. The number of aromatic nitrogens is 1. The molecule has 1 unspecified atom stereocenters. The maximum atomic E-state index is 14.3. The number of hydrogen-bond acceptors (Lipinski definition) is 6. The van der Waals surface area contributed by atoms with Crippen molar-refractivity contribution in [1.82, 2.24) is 14.8 Å². The van der Waals surface area contributed by atoms with Gasteiger partial charge in [-0.15, -0.1) is 0 Å². The van der Waals surface area contributed by atoms with E-state index in [4.69, 9.17) is 0 Å². The smallest absolute Gasteiger partial charge is 0.264 e. The second-order valence-electron chi connectivity index (χ2n) is 9.87. The number of piperazine rings is 1. The van der Waals surface area contributed by atoms with Crippen LogP contribution >= 0.6 is 21.6 Å². The number of carbonyl (C=O) groups is 2. The van der Waals surface area contributed by atoms with Crippen LogP contribution in [0, 0.1) is 5.92 Å². The van der Waals surface area contributed by atoms with Crippen molar-refractivity contribution in [2.45, 2.75) is 41.3 Å². The highest BCUT2D eigenvalue weighted by molar-refractivity contribution is 8.78. The Hall–Kier alpha value is -2.62. The quantitative estimate of drug-likeness (QED) is 0.476. The van der Waals surface area contributed by atoms with E-state index >= 15 is 0 Å². The topological polar surface area (TPSA) is 88.7 Å². The van der Waals surface area contributed by atoms with Gasteiger partial charge in [-0.05, 0) is 40.0 Å². The molecular formula is C25H24N4O3S2. The molecule has 5 aliphatic rings. The number of hydrogen-bond donors (Lipinski definition) is 3. The Morgan fingerprint density at radius 1 is 1.00 bits per heavy atom. The van der Waals surface area contributed by atoms with Gasteiger partial charge in [0.15, 0.2) is 4.87 Å². The number of nitrogens with one attached hydrogen (secondary N) is 2. The molecule has 5 aliphatic heterocycles. The largest absolute Gasteiger partial charge is 0.388 e. The summed E-state index contributed by atoms with van der Waals surface area (Å²) >= 11 is 0. The van der Waals surface area contributed by atoms with Gasteiger partial charge >= 0.3 is 0 Å². The number of rotatable bonds is 2. The van der Waals surface area contributed by atoms with E-state index in [1.165, 1.54) is 21.6 Å². The highest BCUT2D eigenvalue weighted by atomic mass is 33.1. The molecule has 1 spiro atoms. The lowest BCUT2D eigenvalue weighted by molar-refractivity contribution is -0.169. The molecule has 0 aliphatic carbocycles. The molecule has 2 bridgehead atoms. The molecule has 0 saturated carbocycles. The van der Waals surface area contributed by atoms with Gasteiger partial charge in [0.2, 0.25) is 4.87 Å². The van der Waals surface area contributed by atoms with Gasteiger partial charge in [-0.3, -0.25) is 14.5 Å². The van der Waals surface area contributed by atoms with Crippen LogP contribution in [0.4, 0.5) is 5.69 Å². The number of aromatic amines is 1. The van der Waals surface area contributed by atoms with Crippen molar-refractivity contribution in [2.75, 3.05) is 12.4 Å². The number of nitrogens with zero attached hydrogens (tertiary/aromatic N) is 2. The number of fused-ring (bicyclic) bond motifs is 6. The molecule has 7 nitrogen and oxygen atoms in total. The summed E-state index contributed by atoms with van der Waals surface area (Å²) in [4.78, 5) is 32.6. The molecule has 34 heavy (non-hydrogen) atoms. The van der Waals surface area contributed by atoms with Crippen molar-refractivity contribution < 1.29 is 14.7 Å². The minimum absolute atomic E-state index is 0.103. The Balaban J connectivity index is 1.57. The second kappa shape index (κ2) is 6.33. The Labute approximate surface area is 204 Å². The number of benzene rings is 2. The van der Waals surface area contributed by atoms with Crippen LogP contribution in [-0.2, 0) is 15.0 Å². The van der Waals surface area contributed by atoms with Gasteiger partial charge in [0.25, 0.3) is 11.8 Å². The molecule has 2 amide bonds. The summed E-state index contributed by atoms with van der Waals surface area (Å²) in [5.41, 5.74) is 2.59. The number of amides is 2. The highest BCUT2D eigenvalue weighted by Crippen LogP contribution is 2.71. The summed E-state index contributed by atoms with van der Waals surface area (Å²) in [5, 5.41) is 16.9. The molecule has 3 aromatic rings. The summed E-state index contributed by atoms with van der Waals surface area (Å²) in [7, 11) is 4.46. The Kier molecular flexibility index (Phi) is 3.86. The van der Waals surface area contributed by atoms with E-state index in [0.717, 1.165) is 27.7 Å². The van der Waals surface area contributed by atoms with Crippen molar-refractivity contribution in [1.29, 1.82) is 0 Å². The minimum atomic E-state index is -1.42. The number of aliphatic hydroxyl groups is 1. The van der Waals surface area contributed by atoms with Crippen LogP contribution in [0.1, 0.15) is 25.0 Å². The van der Waals surface area contributed by atoms with Crippen molar-refractivity contribution in [3.63, 3.8) is 0 Å². The van der Waals surface area contributed by atoms with Crippen molar-refractivity contribution in [2.24, 2.45) is 5.92 Å². The molecule has 0 radical (unpaired) electrons. The number of H-pyrrole nitrogens is 1. The van der Waals surface area contributed by atoms with Gasteiger partial charge in [-0.1, -0.05) is 61.0 Å². The number of para-hydroxylation sites is 2. The molecule has 9 heteroatoms. The molecule has 3 N–H and O–H groups in total. The summed E-state index contributed by atoms with van der Waals surface area (Å²) in [6, 6.07) is 15.8. The lowest BCUT2D eigenvalue weighted by Gasteiger charge is -2.60. The van der Waals surface area contributed by atoms with E-state index in [1.807, 2.05) is 68.6 Å². The zero-order chi connectivity index (χ0) is 23.6. The Morgan fingerprint density at radius 2 is 1.74 bits per heavy atom. The number of likely N-dealkylation sites (N-methyl/N-ethyl adjacent to an activating group) is 1. The van der Waals surface area contributed by atoms with Gasteiger partial charge in [0.1, 0.15) is 12.3 Å². The highest BCUT2D eigenvalue weighted by Gasteiger charge is 2.83. The van der Waals surface area contributed by atoms with Gasteiger partial charge in [0, 0.05) is 29.8 Å². The average molecular weight is 493 g/mol. The van der Waals surface area contributed by atoms with Crippen LogP contribution in [0.3, 0.4) is 0 Å². The standard InChI is InChI=1S/C25H24N4O3S2/c1-13(2)24-22(32)29-20-23(15-9-5-7-11-18(15)27-20,16-12-26-17-10-6-4-8-14(16)17)19(30)25(29,34-33-24)21(31)28(24)3/h4-13,19-20,26-27,30H,1-3H3/t19-,20+,23?,24+,25-/m0/s1. The predicted octanol–water partition coefficient (Wildman–Crippen LogP) is 3.32. The zero-order valence-electron chi connectivity index (χ0n) is 18.9. The van der Waals surface area contributed by atoms with Gasteiger partial charge in [-0.25, -0.2) is 0 Å². The van der Waals surface area contributed by atoms with E-state index < -0.39 is 27.4 Å². The lowest BCUT2D eigenvalue weighted by atomic mass is 9.70. The SMILES string of the molecule is CC(C)[C@]12SS[C@]3(C(=O)N1C)[C@@H](O)C1(c4c[nH]c5ccccc45)c4ccccc4N[C@@H]1N3C2=O. The maximum absolute atomic E-state index is 14.3. The molecular weight excluding hydrogens is 468 g/mol. The van der Waals surface area contributed by atoms with Crippen LogP contribution in [0.15, 0.2) is 54.7 Å². The number of anilines is 1. The van der Waals surface area contributed by atoms with Gasteiger partial charge in [-0.2, -0.15) is 0 Å². The third-order valence-electron chi connectivity index (χ3n) is 8.26. The average Bonchev–Trinajstić information content (AvgIpc) is 3.46. The van der Waals surface area contributed by atoms with Crippen molar-refractivity contribution >= 4 is 50.0 Å². The fraction of sp³-hybridized carbons (Fsp3) is 0.360. The van der Waals surface area contributed by atoms with E-state index in [9.17, 15) is 14.7 Å². The molecule has 4 fully saturated rings. The Bertz CT molecular complexity index is 1410. The predicted molar refractivity (Wildman–Crippen MR) is 134 cm³/mol. The molecule has 4 saturated heterocycles. The van der Waals surface area contributed by atoms with E-state index in [2.05, 4.69) is 10.3 Å². The van der Waals surface area contributed by atoms with E-state index in [1.54, 1.807) is 16.8 Å². The molecule has 5 atom stereocenters. The fourth-order valence-corrected chi connectivity index (χ4v) is 10.9. The summed E-state index contributed by atoms with van der Waals surface area (Å²) < 4.78 is 0. The monoisotopic (exact) mass is 492 g/mol. The van der Waals surface area contributed by atoms with Crippen LogP contribution < -0.4 is 5.32 Å². The van der Waals surface area contributed by atoms with Crippen LogP contribution in [0.25, 0.3) is 10.9 Å². The number of aliphatic hydroxyl groups excluding tert-OH is 1. The summed E-state index contributed by atoms with van der Waals surface area (Å²) in [6.07, 6.45) is 0.166. The molecule has 174 valence electrons. The first kappa shape index (κ1) is 20.7. The number of carbonyl (C=O) groups excluding carboxylic acids is 2. The van der Waals surface area contributed by atoms with Crippen LogP contribution in [0.5, 0.6) is 0 Å². The minimum Gasteiger partial charge on any atom is -0.388 e. The van der Waals surface area contributed by atoms with E-state index in [0.29, 0.717) is 0 Å². The van der Waals surface area contributed by atoms with Crippen molar-refractivity contribution in [3.8, 4) is 0 Å². The van der Waals surface area contributed by atoms with Crippen LogP contribution in [0.2, 0.25) is 0 Å². The first-order valence-electron chi connectivity index (χ1n) is 11.4. The van der Waals surface area contributed by atoms with Crippen molar-refractivity contribution in [3.05, 3.63) is 65.9 Å². The third kappa shape index (κ3) is 1.91. The fourth-order valence-electron chi connectivity index (χ4n) is 6.69. The lowest BCUT2D eigenvalue weighted by Crippen LogP contribution is -2.79. The molecule has 6 heterocycles. The summed E-state index contributed by atoms with van der Waals surface area (Å²) in [5.74, 6) is -0.446. The molecule has 2 aromatic carbocycles. The maximum Gasteiger partial charge on any atom is 0.264 e. The molecule has 1 aromatic heterocycles. The Morgan fingerprint density at radius 3 is 2.53 bits per heavy atom.